The van der Waals surface area contributed by atoms with Crippen molar-refractivity contribution in [2.24, 2.45) is 0 Å². The number of likely N-dealkylation sites (N-methyl/N-ethyl adjacent to an activating group) is 1. The Morgan fingerprint density at radius 2 is 1.84 bits per heavy atom. The highest BCUT2D eigenvalue weighted by atomic mass is 35.5. The van der Waals surface area contributed by atoms with Crippen molar-refractivity contribution in [3.8, 4) is 5.75 Å². The van der Waals surface area contributed by atoms with Crippen molar-refractivity contribution in [2.75, 3.05) is 24.7 Å². The van der Waals surface area contributed by atoms with Crippen LogP contribution in [0.1, 0.15) is 29.3 Å². The smallest absolute Gasteiger partial charge is 0.342 e. The molecule has 0 radical (unpaired) electrons. The number of esters is 1. The molecule has 1 aliphatic heterocycles. The molecule has 0 aromatic heterocycles. The fourth-order valence-electron chi connectivity index (χ4n) is 3.45. The molecule has 1 amide bonds. The first-order valence-corrected chi connectivity index (χ1v) is 12.1. The van der Waals surface area contributed by atoms with E-state index in [1.807, 2.05) is 12.1 Å². The van der Waals surface area contributed by atoms with E-state index in [-0.39, 0.29) is 29.7 Å². The van der Waals surface area contributed by atoms with Crippen LogP contribution in [0.4, 0.5) is 0 Å². The zero-order chi connectivity index (χ0) is 22.4. The molecule has 0 spiro atoms. The van der Waals surface area contributed by atoms with Gasteiger partial charge in [0.15, 0.2) is 16.4 Å². The van der Waals surface area contributed by atoms with Crippen LogP contribution in [0.2, 0.25) is 5.02 Å². The Morgan fingerprint density at radius 3 is 2.48 bits per heavy atom. The average Bonchev–Trinajstić information content (AvgIpc) is 3.11. The molecule has 0 unspecified atom stereocenters. The molecular weight excluding hydrogens is 442 g/mol. The molecule has 2 aromatic rings. The van der Waals surface area contributed by atoms with Crippen molar-refractivity contribution in [1.82, 2.24) is 4.90 Å². The van der Waals surface area contributed by atoms with Crippen molar-refractivity contribution in [3.05, 3.63) is 64.7 Å². The zero-order valence-corrected chi connectivity index (χ0v) is 18.7. The minimum atomic E-state index is -3.12. The molecule has 1 heterocycles. The van der Waals surface area contributed by atoms with E-state index in [0.717, 1.165) is 5.56 Å². The van der Waals surface area contributed by atoms with Gasteiger partial charge in [0.2, 0.25) is 0 Å². The maximum atomic E-state index is 12.6. The summed E-state index contributed by atoms with van der Waals surface area (Å²) in [5.41, 5.74) is 1.09. The van der Waals surface area contributed by atoms with Crippen molar-refractivity contribution >= 4 is 33.3 Å². The summed E-state index contributed by atoms with van der Waals surface area (Å²) in [5, 5.41) is 0.619. The second-order valence-electron chi connectivity index (χ2n) is 7.22. The van der Waals surface area contributed by atoms with Crippen LogP contribution < -0.4 is 4.74 Å². The highest BCUT2D eigenvalue weighted by Gasteiger charge is 2.34. The fraction of sp³-hybridized carbons (Fsp3) is 0.364. The quantitative estimate of drug-likeness (QED) is 0.556. The Hall–Kier alpha value is -2.58. The molecule has 0 aliphatic carbocycles. The van der Waals surface area contributed by atoms with Gasteiger partial charge in [-0.05, 0) is 43.2 Å². The summed E-state index contributed by atoms with van der Waals surface area (Å²) in [6, 6.07) is 13.4. The maximum absolute atomic E-state index is 12.6. The number of hydrogen-bond donors (Lipinski definition) is 0. The molecule has 31 heavy (non-hydrogen) atoms. The minimum absolute atomic E-state index is 0.0537. The van der Waals surface area contributed by atoms with E-state index in [2.05, 4.69) is 0 Å². The summed E-state index contributed by atoms with van der Waals surface area (Å²) < 4.78 is 34.4. The summed E-state index contributed by atoms with van der Waals surface area (Å²) in [5.74, 6) is -0.752. The van der Waals surface area contributed by atoms with Gasteiger partial charge in [0, 0.05) is 17.6 Å². The van der Waals surface area contributed by atoms with Gasteiger partial charge < -0.3 is 14.4 Å². The fourth-order valence-corrected chi connectivity index (χ4v) is 5.31. The zero-order valence-electron chi connectivity index (χ0n) is 17.1. The Morgan fingerprint density at radius 1 is 1.13 bits per heavy atom. The number of carbonyl (C=O) groups is 2. The van der Waals surface area contributed by atoms with Crippen LogP contribution in [0.5, 0.6) is 5.75 Å². The topological polar surface area (TPSA) is 90.0 Å². The van der Waals surface area contributed by atoms with E-state index in [4.69, 9.17) is 21.1 Å². The van der Waals surface area contributed by atoms with Crippen LogP contribution in [0.15, 0.2) is 48.5 Å². The van der Waals surface area contributed by atoms with E-state index in [9.17, 15) is 18.0 Å². The number of hydrogen-bond acceptors (Lipinski definition) is 6. The second kappa shape index (κ2) is 10.2. The van der Waals surface area contributed by atoms with E-state index < -0.39 is 28.3 Å². The molecule has 2 aromatic carbocycles. The molecule has 0 bridgehead atoms. The summed E-state index contributed by atoms with van der Waals surface area (Å²) in [6.07, 6.45) is 0.400. The van der Waals surface area contributed by atoms with Crippen LogP contribution >= 0.6 is 11.6 Å². The van der Waals surface area contributed by atoms with Crippen LogP contribution in [-0.4, -0.2) is 55.9 Å². The lowest BCUT2D eigenvalue weighted by molar-refractivity contribution is -0.136. The normalized spacial score (nSPS) is 17.2. The SMILES string of the molecule is CCN(C(=O)COC(=O)c1ccccc1OCc1ccc(Cl)cc1)[C@@H]1CCS(=O)(=O)C1. The van der Waals surface area contributed by atoms with Crippen LogP contribution in [0.25, 0.3) is 0 Å². The van der Waals surface area contributed by atoms with Gasteiger partial charge in [0.1, 0.15) is 17.9 Å². The molecule has 0 saturated carbocycles. The van der Waals surface area contributed by atoms with Gasteiger partial charge in [-0.15, -0.1) is 0 Å². The molecular formula is C22H24ClNO6S. The third kappa shape index (κ3) is 6.21. The molecule has 9 heteroatoms. The van der Waals surface area contributed by atoms with Gasteiger partial charge in [-0.2, -0.15) is 0 Å². The molecule has 1 fully saturated rings. The summed E-state index contributed by atoms with van der Waals surface area (Å²) in [6.45, 7) is 1.89. The number of amides is 1. The average molecular weight is 466 g/mol. The van der Waals surface area contributed by atoms with Crippen LogP contribution in [0.3, 0.4) is 0 Å². The van der Waals surface area contributed by atoms with Crippen molar-refractivity contribution in [3.63, 3.8) is 0 Å². The number of carbonyl (C=O) groups excluding carboxylic acids is 2. The predicted octanol–water partition coefficient (Wildman–Crippen LogP) is 3.11. The number of nitrogens with zero attached hydrogens (tertiary/aromatic N) is 1. The number of rotatable bonds is 8. The van der Waals surface area contributed by atoms with Gasteiger partial charge in [-0.3, -0.25) is 4.79 Å². The number of sulfone groups is 1. The standard InChI is InChI=1S/C22H24ClNO6S/c1-2-24(18-11-12-31(27,28)15-18)21(25)14-30-22(26)19-5-3-4-6-20(19)29-13-16-7-9-17(23)10-8-16/h3-10,18H,2,11-15H2,1H3/t18-/m1/s1. The lowest BCUT2D eigenvalue weighted by atomic mass is 10.2. The molecule has 1 saturated heterocycles. The molecule has 1 aliphatic rings. The van der Waals surface area contributed by atoms with E-state index in [0.29, 0.717) is 23.7 Å². The lowest BCUT2D eigenvalue weighted by Crippen LogP contribution is -2.43. The van der Waals surface area contributed by atoms with E-state index >= 15 is 0 Å². The number of benzene rings is 2. The number of halogens is 1. The van der Waals surface area contributed by atoms with Gasteiger partial charge in [-0.25, -0.2) is 13.2 Å². The Kier molecular flexibility index (Phi) is 7.56. The Balaban J connectivity index is 1.60. The third-order valence-corrected chi connectivity index (χ3v) is 7.05. The molecule has 1 atom stereocenters. The molecule has 3 rings (SSSR count). The summed E-state index contributed by atoms with van der Waals surface area (Å²) in [7, 11) is -3.12. The van der Waals surface area contributed by atoms with Crippen LogP contribution in [-0.2, 0) is 26.0 Å². The third-order valence-electron chi connectivity index (χ3n) is 5.05. The maximum Gasteiger partial charge on any atom is 0.342 e. The van der Waals surface area contributed by atoms with Crippen molar-refractivity contribution in [1.29, 1.82) is 0 Å². The lowest BCUT2D eigenvalue weighted by Gasteiger charge is -2.26. The second-order valence-corrected chi connectivity index (χ2v) is 9.89. The highest BCUT2D eigenvalue weighted by molar-refractivity contribution is 7.91. The van der Waals surface area contributed by atoms with Crippen LogP contribution in [0, 0.1) is 0 Å². The van der Waals surface area contributed by atoms with Gasteiger partial charge in [-0.1, -0.05) is 35.9 Å². The van der Waals surface area contributed by atoms with Crippen molar-refractivity contribution in [2.45, 2.75) is 26.0 Å². The van der Waals surface area contributed by atoms with E-state index in [1.165, 1.54) is 4.90 Å². The van der Waals surface area contributed by atoms with Gasteiger partial charge in [0.25, 0.3) is 5.91 Å². The van der Waals surface area contributed by atoms with Gasteiger partial charge in [0.05, 0.1) is 11.5 Å². The molecule has 166 valence electrons. The summed E-state index contributed by atoms with van der Waals surface area (Å²) >= 11 is 5.88. The first-order valence-electron chi connectivity index (χ1n) is 9.92. The minimum Gasteiger partial charge on any atom is -0.488 e. The number of ether oxygens (including phenoxy) is 2. The van der Waals surface area contributed by atoms with Gasteiger partial charge >= 0.3 is 5.97 Å². The first kappa shape index (κ1) is 23.1. The van der Waals surface area contributed by atoms with E-state index in [1.54, 1.807) is 43.3 Å². The first-order chi connectivity index (χ1) is 14.8. The predicted molar refractivity (Wildman–Crippen MR) is 117 cm³/mol. The number of para-hydroxylation sites is 1. The summed E-state index contributed by atoms with van der Waals surface area (Å²) in [4.78, 5) is 26.6. The monoisotopic (exact) mass is 465 g/mol. The van der Waals surface area contributed by atoms with Crippen molar-refractivity contribution < 1.29 is 27.5 Å². The molecule has 0 N–H and O–H groups in total. The molecule has 7 nitrogen and oxygen atoms in total. The Labute approximate surface area is 186 Å². The Bertz CT molecular complexity index is 1040. The highest BCUT2D eigenvalue weighted by Crippen LogP contribution is 2.22. The largest absolute Gasteiger partial charge is 0.488 e.